The van der Waals surface area contributed by atoms with Crippen LogP contribution in [0.3, 0.4) is 0 Å². The van der Waals surface area contributed by atoms with Crippen LogP contribution in [0.5, 0.6) is 5.75 Å². The second-order valence-electron chi connectivity index (χ2n) is 5.62. The van der Waals surface area contributed by atoms with Gasteiger partial charge in [-0.2, -0.15) is 13.2 Å². The molecule has 2 nitrogen and oxygen atoms in total. The summed E-state index contributed by atoms with van der Waals surface area (Å²) < 4.78 is 43.8. The third-order valence-corrected chi connectivity index (χ3v) is 3.84. The lowest BCUT2D eigenvalue weighted by molar-refractivity contribution is -0.182. The van der Waals surface area contributed by atoms with E-state index in [-0.39, 0.29) is 18.9 Å². The van der Waals surface area contributed by atoms with Crippen LogP contribution in [-0.2, 0) is 0 Å². The Balaban J connectivity index is 1.89. The number of hydrogen-bond acceptors (Lipinski definition) is 2. The lowest BCUT2D eigenvalue weighted by Crippen LogP contribution is -2.34. The Hall–Kier alpha value is -1.39. The molecular formula is C16H22F3NO. The molecule has 0 bridgehead atoms. The molecule has 2 unspecified atom stereocenters. The van der Waals surface area contributed by atoms with Gasteiger partial charge in [0.2, 0.25) is 0 Å². The van der Waals surface area contributed by atoms with Gasteiger partial charge >= 0.3 is 6.18 Å². The number of rotatable bonds is 5. The van der Waals surface area contributed by atoms with Crippen molar-refractivity contribution in [2.75, 3.05) is 11.9 Å². The van der Waals surface area contributed by atoms with Crippen molar-refractivity contribution in [2.45, 2.75) is 51.2 Å². The summed E-state index contributed by atoms with van der Waals surface area (Å²) in [6.07, 6.45) is -1.29. The van der Waals surface area contributed by atoms with Crippen LogP contribution in [0.1, 0.15) is 39.0 Å². The number of halogens is 3. The van der Waals surface area contributed by atoms with Crippen LogP contribution in [0.2, 0.25) is 0 Å². The molecule has 1 aromatic carbocycles. The fourth-order valence-corrected chi connectivity index (χ4v) is 2.72. The van der Waals surface area contributed by atoms with Crippen molar-refractivity contribution in [2.24, 2.45) is 5.92 Å². The van der Waals surface area contributed by atoms with Crippen molar-refractivity contribution in [1.82, 2.24) is 0 Å². The molecular weight excluding hydrogens is 279 g/mol. The molecule has 5 heteroatoms. The van der Waals surface area contributed by atoms with Gasteiger partial charge in [-0.1, -0.05) is 13.3 Å². The highest BCUT2D eigenvalue weighted by molar-refractivity contribution is 5.47. The summed E-state index contributed by atoms with van der Waals surface area (Å²) in [5.74, 6) is -0.380. The van der Waals surface area contributed by atoms with Crippen LogP contribution < -0.4 is 10.1 Å². The largest absolute Gasteiger partial charge is 0.494 e. The fourth-order valence-electron chi connectivity index (χ4n) is 2.72. The molecule has 2 atom stereocenters. The highest BCUT2D eigenvalue weighted by Crippen LogP contribution is 2.38. The van der Waals surface area contributed by atoms with E-state index in [0.29, 0.717) is 13.0 Å². The van der Waals surface area contributed by atoms with Crippen molar-refractivity contribution < 1.29 is 17.9 Å². The molecule has 0 aromatic heterocycles. The lowest BCUT2D eigenvalue weighted by Gasteiger charge is -2.31. The molecule has 1 N–H and O–H groups in total. The molecule has 1 aliphatic rings. The van der Waals surface area contributed by atoms with E-state index in [1.807, 2.05) is 31.2 Å². The average Bonchev–Trinajstić information content (AvgIpc) is 2.46. The summed E-state index contributed by atoms with van der Waals surface area (Å²) in [6, 6.07) is 7.32. The Kier molecular flexibility index (Phi) is 5.37. The Morgan fingerprint density at radius 2 is 1.90 bits per heavy atom. The number of alkyl halides is 3. The van der Waals surface area contributed by atoms with Crippen LogP contribution in [0.25, 0.3) is 0 Å². The predicted octanol–water partition coefficient (Wildman–Crippen LogP) is 5.01. The number of benzene rings is 1. The van der Waals surface area contributed by atoms with E-state index in [0.717, 1.165) is 24.3 Å². The summed E-state index contributed by atoms with van der Waals surface area (Å²) in [4.78, 5) is 0. The fraction of sp³-hybridized carbons (Fsp3) is 0.625. The van der Waals surface area contributed by atoms with E-state index in [1.54, 1.807) is 0 Å². The molecule has 21 heavy (non-hydrogen) atoms. The maximum atomic E-state index is 12.8. The first-order valence-electron chi connectivity index (χ1n) is 7.55. The number of anilines is 1. The minimum absolute atomic E-state index is 0.104. The topological polar surface area (TPSA) is 21.3 Å². The first-order valence-corrected chi connectivity index (χ1v) is 7.55. The molecule has 0 amide bonds. The van der Waals surface area contributed by atoms with Crippen molar-refractivity contribution in [3.8, 4) is 5.75 Å². The molecule has 118 valence electrons. The van der Waals surface area contributed by atoms with Gasteiger partial charge in [-0.05, 0) is 49.9 Å². The minimum atomic E-state index is -4.07. The van der Waals surface area contributed by atoms with Crippen molar-refractivity contribution in [3.05, 3.63) is 24.3 Å². The third kappa shape index (κ3) is 4.83. The highest BCUT2D eigenvalue weighted by atomic mass is 19.4. The molecule has 0 radical (unpaired) electrons. The van der Waals surface area contributed by atoms with E-state index in [1.165, 1.54) is 0 Å². The third-order valence-electron chi connectivity index (χ3n) is 3.84. The summed E-state index contributed by atoms with van der Waals surface area (Å²) in [7, 11) is 0. The van der Waals surface area contributed by atoms with Gasteiger partial charge in [0.25, 0.3) is 0 Å². The Morgan fingerprint density at radius 3 is 2.52 bits per heavy atom. The average molecular weight is 301 g/mol. The Labute approximate surface area is 123 Å². The van der Waals surface area contributed by atoms with Gasteiger partial charge in [0.05, 0.1) is 12.5 Å². The maximum absolute atomic E-state index is 12.8. The van der Waals surface area contributed by atoms with Gasteiger partial charge in [0.15, 0.2) is 0 Å². The smallest absolute Gasteiger partial charge is 0.391 e. The molecule has 0 aliphatic heterocycles. The molecule has 0 spiro atoms. The second-order valence-corrected chi connectivity index (χ2v) is 5.62. The summed E-state index contributed by atoms with van der Waals surface area (Å²) in [6.45, 7) is 2.71. The van der Waals surface area contributed by atoms with Gasteiger partial charge in [-0.15, -0.1) is 0 Å². The molecule has 0 heterocycles. The van der Waals surface area contributed by atoms with Crippen molar-refractivity contribution in [3.63, 3.8) is 0 Å². The van der Waals surface area contributed by atoms with Crippen LogP contribution in [0, 0.1) is 5.92 Å². The quantitative estimate of drug-likeness (QED) is 0.825. The number of nitrogens with one attached hydrogen (secondary N) is 1. The van der Waals surface area contributed by atoms with Crippen LogP contribution >= 0.6 is 0 Å². The van der Waals surface area contributed by atoms with Crippen molar-refractivity contribution >= 4 is 5.69 Å². The molecule has 1 aliphatic carbocycles. The molecule has 2 rings (SSSR count). The molecule has 1 saturated carbocycles. The molecule has 1 aromatic rings. The SMILES string of the molecule is CCCOc1ccc(NC2CCCC(C(F)(F)F)C2)cc1. The van der Waals surface area contributed by atoms with E-state index >= 15 is 0 Å². The van der Waals surface area contributed by atoms with E-state index < -0.39 is 12.1 Å². The predicted molar refractivity (Wildman–Crippen MR) is 77.7 cm³/mol. The van der Waals surface area contributed by atoms with Gasteiger partial charge in [0, 0.05) is 11.7 Å². The zero-order valence-corrected chi connectivity index (χ0v) is 12.2. The van der Waals surface area contributed by atoms with Crippen molar-refractivity contribution in [1.29, 1.82) is 0 Å². The maximum Gasteiger partial charge on any atom is 0.391 e. The van der Waals surface area contributed by atoms with Crippen LogP contribution in [-0.4, -0.2) is 18.8 Å². The van der Waals surface area contributed by atoms with Gasteiger partial charge in [0.1, 0.15) is 5.75 Å². The van der Waals surface area contributed by atoms with Crippen LogP contribution in [0.4, 0.5) is 18.9 Å². The van der Waals surface area contributed by atoms with Gasteiger partial charge in [-0.25, -0.2) is 0 Å². The van der Waals surface area contributed by atoms with Gasteiger partial charge < -0.3 is 10.1 Å². The Morgan fingerprint density at radius 1 is 1.19 bits per heavy atom. The summed E-state index contributed by atoms with van der Waals surface area (Å²) in [5.41, 5.74) is 0.853. The Bertz CT molecular complexity index is 430. The van der Waals surface area contributed by atoms with E-state index in [4.69, 9.17) is 4.74 Å². The summed E-state index contributed by atoms with van der Waals surface area (Å²) in [5, 5.41) is 3.21. The van der Waals surface area contributed by atoms with Crippen LogP contribution in [0.15, 0.2) is 24.3 Å². The monoisotopic (exact) mass is 301 g/mol. The number of hydrogen-bond donors (Lipinski definition) is 1. The molecule has 0 saturated heterocycles. The first-order chi connectivity index (χ1) is 9.99. The number of ether oxygens (including phenoxy) is 1. The highest BCUT2D eigenvalue weighted by Gasteiger charge is 2.42. The zero-order chi connectivity index (χ0) is 15.3. The van der Waals surface area contributed by atoms with E-state index in [2.05, 4.69) is 5.32 Å². The van der Waals surface area contributed by atoms with E-state index in [9.17, 15) is 13.2 Å². The molecule has 1 fully saturated rings. The lowest BCUT2D eigenvalue weighted by atomic mass is 9.85. The normalized spacial score (nSPS) is 22.9. The standard InChI is InChI=1S/C16H22F3NO/c1-2-10-21-15-8-6-13(7-9-15)20-14-5-3-4-12(11-14)16(17,18)19/h6-9,12,14,20H,2-5,10-11H2,1H3. The summed E-state index contributed by atoms with van der Waals surface area (Å²) >= 11 is 0. The second kappa shape index (κ2) is 7.05. The minimum Gasteiger partial charge on any atom is -0.494 e. The van der Waals surface area contributed by atoms with Gasteiger partial charge in [-0.3, -0.25) is 0 Å². The first kappa shape index (κ1) is 16.0. The zero-order valence-electron chi connectivity index (χ0n) is 12.2.